The van der Waals surface area contributed by atoms with Crippen molar-refractivity contribution in [2.75, 3.05) is 37.7 Å². The van der Waals surface area contributed by atoms with Crippen LogP contribution in [0.4, 0.5) is 11.4 Å². The summed E-state index contributed by atoms with van der Waals surface area (Å²) in [5, 5.41) is 3.08. The molecule has 1 heterocycles. The fraction of sp³-hybridized carbons (Fsp3) is 0.320. The molecule has 180 valence electrons. The lowest BCUT2D eigenvalue weighted by Gasteiger charge is -2.25. The number of esters is 2. The van der Waals surface area contributed by atoms with Crippen LogP contribution in [0.1, 0.15) is 20.3 Å². The molecule has 1 aliphatic rings. The van der Waals surface area contributed by atoms with E-state index < -0.39 is 23.9 Å². The van der Waals surface area contributed by atoms with E-state index in [1.807, 2.05) is 0 Å². The third-order valence-electron chi connectivity index (χ3n) is 5.20. The largest absolute Gasteiger partial charge is 0.497 e. The van der Waals surface area contributed by atoms with Crippen molar-refractivity contribution >= 4 is 29.2 Å². The predicted molar refractivity (Wildman–Crippen MR) is 126 cm³/mol. The maximum absolute atomic E-state index is 13.6. The van der Waals surface area contributed by atoms with Crippen molar-refractivity contribution in [1.82, 2.24) is 0 Å². The minimum atomic E-state index is -1.13. The predicted octanol–water partition coefficient (Wildman–Crippen LogP) is 3.30. The first-order valence-electron chi connectivity index (χ1n) is 10.9. The quantitative estimate of drug-likeness (QED) is 0.530. The van der Waals surface area contributed by atoms with Crippen LogP contribution < -0.4 is 19.7 Å². The van der Waals surface area contributed by atoms with E-state index in [-0.39, 0.29) is 30.9 Å². The minimum Gasteiger partial charge on any atom is -0.497 e. The van der Waals surface area contributed by atoms with Gasteiger partial charge in [0, 0.05) is 16.9 Å². The molecule has 2 aromatic rings. The maximum atomic E-state index is 13.6. The van der Waals surface area contributed by atoms with Crippen LogP contribution in [0.5, 0.6) is 11.5 Å². The second-order valence-electron chi connectivity index (χ2n) is 7.26. The van der Waals surface area contributed by atoms with E-state index in [2.05, 4.69) is 5.32 Å². The van der Waals surface area contributed by atoms with Gasteiger partial charge in [0.15, 0.2) is 6.04 Å². The average Bonchev–Trinajstić information content (AvgIpc) is 3.11. The third kappa shape index (κ3) is 5.31. The number of hydrogen-bond acceptors (Lipinski definition) is 8. The van der Waals surface area contributed by atoms with Gasteiger partial charge in [-0.1, -0.05) is 0 Å². The fourth-order valence-electron chi connectivity index (χ4n) is 3.65. The molecule has 0 spiro atoms. The van der Waals surface area contributed by atoms with E-state index in [9.17, 15) is 14.4 Å². The number of nitrogens with one attached hydrogen (secondary N) is 1. The Bertz CT molecular complexity index is 1060. The highest BCUT2D eigenvalue weighted by Gasteiger charge is 2.46. The van der Waals surface area contributed by atoms with Crippen LogP contribution in [-0.2, 0) is 23.9 Å². The number of nitrogens with zero attached hydrogens (tertiary/aromatic N) is 1. The van der Waals surface area contributed by atoms with Gasteiger partial charge in [0.1, 0.15) is 17.2 Å². The molecule has 0 saturated carbocycles. The van der Waals surface area contributed by atoms with Crippen molar-refractivity contribution in [3.63, 3.8) is 0 Å². The van der Waals surface area contributed by atoms with Crippen molar-refractivity contribution in [3.05, 3.63) is 59.8 Å². The normalized spacial score (nSPS) is 15.2. The van der Waals surface area contributed by atoms with E-state index in [1.165, 1.54) is 12.0 Å². The van der Waals surface area contributed by atoms with Crippen LogP contribution in [0.25, 0.3) is 0 Å². The molecule has 0 saturated heterocycles. The van der Waals surface area contributed by atoms with Gasteiger partial charge in [0.25, 0.3) is 5.91 Å². The van der Waals surface area contributed by atoms with Crippen LogP contribution in [0.3, 0.4) is 0 Å². The number of amides is 1. The van der Waals surface area contributed by atoms with E-state index in [4.69, 9.17) is 18.9 Å². The van der Waals surface area contributed by atoms with E-state index >= 15 is 0 Å². The van der Waals surface area contributed by atoms with Crippen molar-refractivity contribution in [2.45, 2.75) is 26.3 Å². The zero-order valence-corrected chi connectivity index (χ0v) is 19.6. The Labute approximate surface area is 198 Å². The molecule has 0 fully saturated rings. The van der Waals surface area contributed by atoms with Crippen molar-refractivity contribution in [2.24, 2.45) is 0 Å². The molecule has 0 radical (unpaired) electrons. The number of carbonyl (C=O) groups is 3. The number of rotatable bonds is 10. The summed E-state index contributed by atoms with van der Waals surface area (Å²) in [4.78, 5) is 40.5. The van der Waals surface area contributed by atoms with E-state index in [0.717, 1.165) is 0 Å². The summed E-state index contributed by atoms with van der Waals surface area (Å²) in [7, 11) is 3.09. The summed E-state index contributed by atoms with van der Waals surface area (Å²) in [5.41, 5.74) is 1.43. The molecule has 9 heteroatoms. The van der Waals surface area contributed by atoms with Gasteiger partial charge in [0.2, 0.25) is 0 Å². The number of methoxy groups -OCH3 is 2. The second-order valence-corrected chi connectivity index (χ2v) is 7.26. The first-order chi connectivity index (χ1) is 16.4. The lowest BCUT2D eigenvalue weighted by molar-refractivity contribution is -0.144. The molecule has 1 N–H and O–H groups in total. The maximum Gasteiger partial charge on any atom is 0.333 e. The van der Waals surface area contributed by atoms with Gasteiger partial charge in [-0.3, -0.25) is 14.5 Å². The first kappa shape index (κ1) is 24.6. The summed E-state index contributed by atoms with van der Waals surface area (Å²) < 4.78 is 20.8. The van der Waals surface area contributed by atoms with E-state index in [1.54, 1.807) is 69.5 Å². The Hall–Kier alpha value is -4.01. The molecule has 2 aromatic carbocycles. The third-order valence-corrected chi connectivity index (χ3v) is 5.20. The summed E-state index contributed by atoms with van der Waals surface area (Å²) in [6.07, 6.45) is -0.256. The van der Waals surface area contributed by atoms with Crippen LogP contribution >= 0.6 is 0 Å². The van der Waals surface area contributed by atoms with E-state index in [0.29, 0.717) is 22.9 Å². The van der Waals surface area contributed by atoms with Gasteiger partial charge < -0.3 is 24.3 Å². The summed E-state index contributed by atoms with van der Waals surface area (Å²) in [5.74, 6) is -0.423. The molecular weight excluding hydrogens is 440 g/mol. The Morgan fingerprint density at radius 2 is 1.44 bits per heavy atom. The van der Waals surface area contributed by atoms with Crippen LogP contribution in [0, 0.1) is 0 Å². The molecular formula is C25H28N2O7. The van der Waals surface area contributed by atoms with Gasteiger partial charge >= 0.3 is 11.9 Å². The molecule has 1 unspecified atom stereocenters. The molecule has 0 aromatic heterocycles. The first-order valence-corrected chi connectivity index (χ1v) is 10.9. The Morgan fingerprint density at radius 1 is 0.882 bits per heavy atom. The lowest BCUT2D eigenvalue weighted by Crippen LogP contribution is -2.42. The Kier molecular flexibility index (Phi) is 8.13. The monoisotopic (exact) mass is 468 g/mol. The van der Waals surface area contributed by atoms with Gasteiger partial charge in [-0.15, -0.1) is 0 Å². The van der Waals surface area contributed by atoms with Crippen LogP contribution in [0.15, 0.2) is 59.8 Å². The highest BCUT2D eigenvalue weighted by atomic mass is 16.5. The van der Waals surface area contributed by atoms with Gasteiger partial charge in [-0.2, -0.15) is 0 Å². The highest BCUT2D eigenvalue weighted by Crippen LogP contribution is 2.35. The highest BCUT2D eigenvalue weighted by molar-refractivity contribution is 6.16. The average molecular weight is 469 g/mol. The number of ether oxygens (including phenoxy) is 4. The topological polar surface area (TPSA) is 103 Å². The number of anilines is 2. The molecule has 1 amide bonds. The molecule has 34 heavy (non-hydrogen) atoms. The summed E-state index contributed by atoms with van der Waals surface area (Å²) in [6.45, 7) is 3.66. The molecule has 3 rings (SSSR count). The molecule has 1 aliphatic heterocycles. The molecule has 0 bridgehead atoms. The van der Waals surface area contributed by atoms with Crippen LogP contribution in [0.2, 0.25) is 0 Å². The van der Waals surface area contributed by atoms with Crippen molar-refractivity contribution in [1.29, 1.82) is 0 Å². The lowest BCUT2D eigenvalue weighted by atomic mass is 10.0. The Morgan fingerprint density at radius 3 is 1.97 bits per heavy atom. The number of hydrogen-bond donors (Lipinski definition) is 1. The SMILES string of the molecule is CCOC(=O)CC1=C(Nc2ccc(OC)cc2)C(=O)N(c2ccc(OC)cc2)C1C(=O)OCC. The zero-order chi connectivity index (χ0) is 24.7. The smallest absolute Gasteiger partial charge is 0.333 e. The fourth-order valence-corrected chi connectivity index (χ4v) is 3.65. The number of carbonyl (C=O) groups excluding carboxylic acids is 3. The molecule has 1 atom stereocenters. The second kappa shape index (κ2) is 11.2. The van der Waals surface area contributed by atoms with Crippen LogP contribution in [-0.4, -0.2) is 51.3 Å². The Balaban J connectivity index is 2.08. The molecule has 9 nitrogen and oxygen atoms in total. The summed E-state index contributed by atoms with van der Waals surface area (Å²) in [6, 6.07) is 12.5. The number of benzene rings is 2. The standard InChI is InChI=1S/C25H28N2O7/c1-5-33-21(28)15-20-22(26-16-7-11-18(31-3)12-8-16)24(29)27(23(20)25(30)34-6-2)17-9-13-19(32-4)14-10-17/h7-14,23,26H,5-6,15H2,1-4H3. The van der Waals surface area contributed by atoms with Crippen molar-refractivity contribution in [3.8, 4) is 11.5 Å². The van der Waals surface area contributed by atoms with Gasteiger partial charge in [-0.25, -0.2) is 4.79 Å². The summed E-state index contributed by atoms with van der Waals surface area (Å²) >= 11 is 0. The van der Waals surface area contributed by atoms with Gasteiger partial charge in [0.05, 0.1) is 33.9 Å². The minimum absolute atomic E-state index is 0.118. The molecule has 0 aliphatic carbocycles. The zero-order valence-electron chi connectivity index (χ0n) is 19.6. The van der Waals surface area contributed by atoms with Crippen molar-refractivity contribution < 1.29 is 33.3 Å². The van der Waals surface area contributed by atoms with Gasteiger partial charge in [-0.05, 0) is 62.4 Å².